The molecule has 1 saturated carbocycles. The van der Waals surface area contributed by atoms with E-state index in [9.17, 15) is 4.79 Å². The third kappa shape index (κ3) is 3.79. The fourth-order valence-corrected chi connectivity index (χ4v) is 4.54. The van der Waals surface area contributed by atoms with Crippen LogP contribution >= 0.6 is 11.3 Å². The summed E-state index contributed by atoms with van der Waals surface area (Å²) in [5.74, 6) is 0.676. The molecule has 28 heavy (non-hydrogen) atoms. The second-order valence-corrected chi connectivity index (χ2v) is 7.87. The van der Waals surface area contributed by atoms with Gasteiger partial charge >= 0.3 is 0 Å². The number of carbonyl (C=O) groups excluding carboxylic acids is 1. The summed E-state index contributed by atoms with van der Waals surface area (Å²) in [5.41, 5.74) is 9.51. The molecule has 3 aromatic rings. The molecular formula is C20H24N6OS. The molecule has 1 unspecified atom stereocenters. The number of carbonyl (C=O) groups is 1. The van der Waals surface area contributed by atoms with Crippen molar-refractivity contribution in [3.8, 4) is 0 Å². The van der Waals surface area contributed by atoms with Crippen molar-refractivity contribution in [2.24, 2.45) is 5.73 Å². The molecule has 0 bridgehead atoms. The van der Waals surface area contributed by atoms with Crippen LogP contribution in [0.2, 0.25) is 0 Å². The zero-order valence-electron chi connectivity index (χ0n) is 15.7. The highest BCUT2D eigenvalue weighted by Gasteiger charge is 2.24. The van der Waals surface area contributed by atoms with E-state index in [4.69, 9.17) is 5.73 Å². The van der Waals surface area contributed by atoms with Crippen LogP contribution < -0.4 is 21.7 Å². The van der Waals surface area contributed by atoms with Gasteiger partial charge in [-0.3, -0.25) is 4.79 Å². The highest BCUT2D eigenvalue weighted by atomic mass is 32.1. The zero-order chi connectivity index (χ0) is 19.5. The maximum atomic E-state index is 11.9. The lowest BCUT2D eigenvalue weighted by Gasteiger charge is -2.32. The van der Waals surface area contributed by atoms with Gasteiger partial charge < -0.3 is 21.7 Å². The second-order valence-electron chi connectivity index (χ2n) is 7.02. The Balaban J connectivity index is 1.64. The lowest BCUT2D eigenvalue weighted by atomic mass is 9.90. The van der Waals surface area contributed by atoms with Crippen molar-refractivity contribution >= 4 is 44.8 Å². The van der Waals surface area contributed by atoms with Crippen LogP contribution in [-0.4, -0.2) is 35.0 Å². The Morgan fingerprint density at radius 3 is 2.79 bits per heavy atom. The van der Waals surface area contributed by atoms with Crippen molar-refractivity contribution in [3.05, 3.63) is 41.4 Å². The number of nitrogens with zero attached hydrogens (tertiary/aromatic N) is 2. The second kappa shape index (κ2) is 8.12. The Labute approximate surface area is 167 Å². The minimum absolute atomic E-state index is 0.309. The SMILES string of the molecule is CN[C@H]1CCCCC1Nc1ccc(C(N)=O)c(Nc2cccc3ncsc23)n1. The summed E-state index contributed by atoms with van der Waals surface area (Å²) < 4.78 is 1.01. The molecule has 0 spiro atoms. The maximum absolute atomic E-state index is 11.9. The molecule has 7 nitrogen and oxygen atoms in total. The predicted molar refractivity (Wildman–Crippen MR) is 114 cm³/mol. The monoisotopic (exact) mass is 396 g/mol. The molecule has 8 heteroatoms. The van der Waals surface area contributed by atoms with Gasteiger partial charge in [0.05, 0.1) is 27.0 Å². The van der Waals surface area contributed by atoms with Crippen LogP contribution in [0.3, 0.4) is 0 Å². The first-order valence-corrected chi connectivity index (χ1v) is 10.4. The Kier molecular flexibility index (Phi) is 5.40. The topological polar surface area (TPSA) is 105 Å². The van der Waals surface area contributed by atoms with Gasteiger partial charge in [-0.15, -0.1) is 11.3 Å². The number of nitrogens with two attached hydrogens (primary N) is 1. The molecule has 0 aliphatic heterocycles. The third-order valence-corrected chi connectivity index (χ3v) is 6.12. The number of aromatic nitrogens is 2. The Morgan fingerprint density at radius 1 is 1.18 bits per heavy atom. The minimum Gasteiger partial charge on any atom is -0.366 e. The van der Waals surface area contributed by atoms with Gasteiger partial charge in [-0.05, 0) is 44.2 Å². The van der Waals surface area contributed by atoms with Gasteiger partial charge in [0, 0.05) is 12.1 Å². The molecular weight excluding hydrogens is 372 g/mol. The van der Waals surface area contributed by atoms with Gasteiger partial charge in [0.2, 0.25) is 0 Å². The Morgan fingerprint density at radius 2 is 2.00 bits per heavy atom. The molecule has 1 amide bonds. The van der Waals surface area contributed by atoms with Crippen molar-refractivity contribution in [2.75, 3.05) is 17.7 Å². The minimum atomic E-state index is -0.510. The molecule has 1 fully saturated rings. The fraction of sp³-hybridized carbons (Fsp3) is 0.350. The predicted octanol–water partition coefficient (Wildman–Crippen LogP) is 3.48. The van der Waals surface area contributed by atoms with E-state index in [0.717, 1.165) is 34.6 Å². The van der Waals surface area contributed by atoms with Crippen molar-refractivity contribution < 1.29 is 4.79 Å². The van der Waals surface area contributed by atoms with Crippen LogP contribution in [0, 0.1) is 0 Å². The zero-order valence-corrected chi connectivity index (χ0v) is 16.6. The largest absolute Gasteiger partial charge is 0.366 e. The number of benzene rings is 1. The number of hydrogen-bond donors (Lipinski definition) is 4. The number of anilines is 3. The highest BCUT2D eigenvalue weighted by Crippen LogP contribution is 2.30. The molecule has 2 heterocycles. The van der Waals surface area contributed by atoms with E-state index in [1.807, 2.05) is 31.3 Å². The number of thiazole rings is 1. The molecule has 4 rings (SSSR count). The number of fused-ring (bicyclic) bond motifs is 1. The fourth-order valence-electron chi connectivity index (χ4n) is 3.78. The van der Waals surface area contributed by atoms with Crippen molar-refractivity contribution in [2.45, 2.75) is 37.8 Å². The standard InChI is InChI=1S/C20H24N6OS/c1-22-13-5-2-3-6-14(13)24-17-10-9-12(19(21)27)20(26-17)25-16-8-4-7-15-18(16)28-11-23-15/h4,7-11,13-14,22H,2-3,5-6H2,1H3,(H2,21,27)(H2,24,25,26)/t13-,14?/m0/s1. The summed E-state index contributed by atoms with van der Waals surface area (Å²) >= 11 is 1.54. The molecule has 146 valence electrons. The summed E-state index contributed by atoms with van der Waals surface area (Å²) in [6, 6.07) is 10.1. The average Bonchev–Trinajstić information content (AvgIpc) is 3.18. The smallest absolute Gasteiger partial charge is 0.252 e. The molecule has 1 aromatic carbocycles. The number of likely N-dealkylation sites (N-methyl/N-ethyl adjacent to an activating group) is 1. The van der Waals surface area contributed by atoms with Gasteiger partial charge in [-0.2, -0.15) is 0 Å². The molecule has 0 saturated heterocycles. The highest BCUT2D eigenvalue weighted by molar-refractivity contribution is 7.17. The summed E-state index contributed by atoms with van der Waals surface area (Å²) in [6.45, 7) is 0. The molecule has 2 atom stereocenters. The van der Waals surface area contributed by atoms with E-state index in [1.54, 1.807) is 22.9 Å². The van der Waals surface area contributed by atoms with E-state index in [0.29, 0.717) is 23.5 Å². The number of primary amides is 1. The number of amides is 1. The quantitative estimate of drug-likeness (QED) is 0.508. The van der Waals surface area contributed by atoms with Crippen molar-refractivity contribution in [3.63, 3.8) is 0 Å². The summed E-state index contributed by atoms with van der Waals surface area (Å²) in [7, 11) is 2.00. The van der Waals surface area contributed by atoms with Crippen molar-refractivity contribution in [1.82, 2.24) is 15.3 Å². The first kappa shape index (κ1) is 18.6. The van der Waals surface area contributed by atoms with Crippen LogP contribution in [0.4, 0.5) is 17.3 Å². The molecule has 5 N–H and O–H groups in total. The molecule has 2 aromatic heterocycles. The summed E-state index contributed by atoms with van der Waals surface area (Å²) in [4.78, 5) is 20.9. The summed E-state index contributed by atoms with van der Waals surface area (Å²) in [6.07, 6.45) is 4.68. The van der Waals surface area contributed by atoms with Crippen molar-refractivity contribution in [1.29, 1.82) is 0 Å². The van der Waals surface area contributed by atoms with E-state index >= 15 is 0 Å². The third-order valence-electron chi connectivity index (χ3n) is 5.24. The Bertz CT molecular complexity index is 988. The van der Waals surface area contributed by atoms with Crippen LogP contribution in [0.25, 0.3) is 10.2 Å². The number of pyridine rings is 1. The van der Waals surface area contributed by atoms with Crippen LogP contribution in [0.15, 0.2) is 35.8 Å². The van der Waals surface area contributed by atoms with Gasteiger partial charge in [-0.1, -0.05) is 18.9 Å². The van der Waals surface area contributed by atoms with Crippen LogP contribution in [0.1, 0.15) is 36.0 Å². The lowest BCUT2D eigenvalue weighted by Crippen LogP contribution is -2.44. The molecule has 1 aliphatic rings. The maximum Gasteiger partial charge on any atom is 0.252 e. The molecule has 0 radical (unpaired) electrons. The van der Waals surface area contributed by atoms with Gasteiger partial charge in [0.15, 0.2) is 0 Å². The van der Waals surface area contributed by atoms with E-state index in [-0.39, 0.29) is 0 Å². The molecule has 1 aliphatic carbocycles. The first-order chi connectivity index (χ1) is 13.7. The number of nitrogens with one attached hydrogen (secondary N) is 3. The Hall–Kier alpha value is -2.71. The van der Waals surface area contributed by atoms with Gasteiger partial charge in [0.1, 0.15) is 11.6 Å². The van der Waals surface area contributed by atoms with E-state index in [1.165, 1.54) is 12.8 Å². The normalized spacial score (nSPS) is 19.5. The van der Waals surface area contributed by atoms with Crippen LogP contribution in [-0.2, 0) is 0 Å². The van der Waals surface area contributed by atoms with Gasteiger partial charge in [0.25, 0.3) is 5.91 Å². The number of hydrogen-bond acceptors (Lipinski definition) is 7. The average molecular weight is 397 g/mol. The van der Waals surface area contributed by atoms with E-state index in [2.05, 4.69) is 25.9 Å². The first-order valence-electron chi connectivity index (χ1n) is 9.49. The van der Waals surface area contributed by atoms with E-state index < -0.39 is 5.91 Å². The van der Waals surface area contributed by atoms with Gasteiger partial charge in [-0.25, -0.2) is 9.97 Å². The van der Waals surface area contributed by atoms with Crippen LogP contribution in [0.5, 0.6) is 0 Å². The lowest BCUT2D eigenvalue weighted by molar-refractivity contribution is 0.100. The summed E-state index contributed by atoms with van der Waals surface area (Å²) in [5, 5.41) is 10.2. The number of rotatable bonds is 6.